The lowest BCUT2D eigenvalue weighted by atomic mass is 9.81. The van der Waals surface area contributed by atoms with Gasteiger partial charge < -0.3 is 0 Å². The minimum Gasteiger partial charge on any atom is -0.295 e. The van der Waals surface area contributed by atoms with Gasteiger partial charge in [0.15, 0.2) is 5.78 Å². The summed E-state index contributed by atoms with van der Waals surface area (Å²) in [5, 5.41) is 0. The molecule has 0 unspecified atom stereocenters. The molecule has 0 heterocycles. The van der Waals surface area contributed by atoms with Crippen molar-refractivity contribution < 1.29 is 4.79 Å². The van der Waals surface area contributed by atoms with Crippen molar-refractivity contribution in [3.8, 4) is 0 Å². The number of ketones is 1. The summed E-state index contributed by atoms with van der Waals surface area (Å²) in [4.78, 5) is 11.2. The number of hydrogen-bond donors (Lipinski definition) is 0. The smallest absolute Gasteiger partial charge is 0.156 e. The lowest BCUT2D eigenvalue weighted by Gasteiger charge is -2.24. The van der Waals surface area contributed by atoms with Gasteiger partial charge >= 0.3 is 0 Å². The maximum absolute atomic E-state index is 11.2. The van der Waals surface area contributed by atoms with Gasteiger partial charge in [-0.1, -0.05) is 12.7 Å². The average Bonchev–Trinajstić information content (AvgIpc) is 2.16. The first kappa shape index (κ1) is 8.49. The van der Waals surface area contributed by atoms with E-state index in [0.717, 1.165) is 19.3 Å². The molecule has 0 amide bonds. The van der Waals surface area contributed by atoms with Crippen LogP contribution in [0, 0.1) is 0 Å². The second-order valence-electron chi connectivity index (χ2n) is 3.70. The summed E-state index contributed by atoms with van der Waals surface area (Å²) < 4.78 is 0. The van der Waals surface area contributed by atoms with Gasteiger partial charge in [0.25, 0.3) is 0 Å². The minimum absolute atomic E-state index is 0.295. The maximum atomic E-state index is 11.2. The summed E-state index contributed by atoms with van der Waals surface area (Å²) in [5.74, 6) is 0.295. The summed E-state index contributed by atoms with van der Waals surface area (Å²) in [6.07, 6.45) is 8.81. The zero-order valence-electron chi connectivity index (χ0n) is 7.81. The topological polar surface area (TPSA) is 17.1 Å². The van der Waals surface area contributed by atoms with Gasteiger partial charge in [0.1, 0.15) is 0 Å². The van der Waals surface area contributed by atoms with E-state index in [9.17, 15) is 4.79 Å². The molecule has 0 radical (unpaired) electrons. The van der Waals surface area contributed by atoms with E-state index in [4.69, 9.17) is 0 Å². The van der Waals surface area contributed by atoms with Gasteiger partial charge in [-0.3, -0.25) is 4.79 Å². The molecule has 0 aromatic carbocycles. The molecule has 1 nitrogen and oxygen atoms in total. The molecule has 2 aliphatic carbocycles. The zero-order chi connectivity index (χ0) is 9.26. The number of carbonyl (C=O) groups excluding carboxylic acids is 1. The van der Waals surface area contributed by atoms with Crippen molar-refractivity contribution in [2.75, 3.05) is 0 Å². The lowest BCUT2D eigenvalue weighted by Crippen LogP contribution is -2.10. The van der Waals surface area contributed by atoms with Crippen molar-refractivity contribution in [3.05, 3.63) is 35.5 Å². The molecule has 0 atom stereocenters. The second kappa shape index (κ2) is 3.33. The van der Waals surface area contributed by atoms with E-state index in [1.165, 1.54) is 23.1 Å². The van der Waals surface area contributed by atoms with Crippen molar-refractivity contribution in [2.24, 2.45) is 0 Å². The predicted molar refractivity (Wildman–Crippen MR) is 53.4 cm³/mol. The Morgan fingerprint density at radius 3 is 2.85 bits per heavy atom. The number of fused-ring (bicyclic) bond motifs is 1. The van der Waals surface area contributed by atoms with E-state index < -0.39 is 0 Å². The van der Waals surface area contributed by atoms with Gasteiger partial charge in [-0.2, -0.15) is 0 Å². The fourth-order valence-corrected chi connectivity index (χ4v) is 2.20. The van der Waals surface area contributed by atoms with E-state index in [-0.39, 0.29) is 0 Å². The van der Waals surface area contributed by atoms with Crippen molar-refractivity contribution in [2.45, 2.75) is 32.1 Å². The van der Waals surface area contributed by atoms with Crippen LogP contribution in [-0.2, 0) is 4.79 Å². The fraction of sp³-hybridized carbons (Fsp3) is 0.417. The van der Waals surface area contributed by atoms with E-state index in [2.05, 4.69) is 6.58 Å². The quantitative estimate of drug-likeness (QED) is 0.597. The summed E-state index contributed by atoms with van der Waals surface area (Å²) >= 11 is 0. The molecule has 0 spiro atoms. The third-order valence-electron chi connectivity index (χ3n) is 2.87. The molecule has 0 bridgehead atoms. The molecular weight excluding hydrogens is 160 g/mol. The second-order valence-corrected chi connectivity index (χ2v) is 3.70. The van der Waals surface area contributed by atoms with Crippen LogP contribution in [0.1, 0.15) is 32.1 Å². The van der Waals surface area contributed by atoms with Crippen LogP contribution < -0.4 is 0 Å². The van der Waals surface area contributed by atoms with Crippen molar-refractivity contribution in [1.29, 1.82) is 0 Å². The molecule has 68 valence electrons. The number of rotatable bonds is 1. The maximum Gasteiger partial charge on any atom is 0.156 e. The van der Waals surface area contributed by atoms with Crippen LogP contribution in [-0.4, -0.2) is 5.78 Å². The van der Waals surface area contributed by atoms with Crippen LogP contribution in [0.5, 0.6) is 0 Å². The largest absolute Gasteiger partial charge is 0.295 e. The predicted octanol–water partition coefficient (Wildman–Crippen LogP) is 2.94. The summed E-state index contributed by atoms with van der Waals surface area (Å²) in [7, 11) is 0. The fourth-order valence-electron chi connectivity index (χ4n) is 2.20. The highest BCUT2D eigenvalue weighted by atomic mass is 16.1. The number of allylic oxidation sites excluding steroid dienone is 5. The number of hydrogen-bond acceptors (Lipinski definition) is 1. The molecule has 0 saturated heterocycles. The Kier molecular flexibility index (Phi) is 2.17. The molecule has 0 aromatic rings. The molecule has 0 fully saturated rings. The van der Waals surface area contributed by atoms with Crippen LogP contribution >= 0.6 is 0 Å². The molecule has 0 N–H and O–H groups in total. The van der Waals surface area contributed by atoms with Crippen LogP contribution in [0.2, 0.25) is 0 Å². The van der Waals surface area contributed by atoms with Gasteiger partial charge in [0.2, 0.25) is 0 Å². The molecule has 0 saturated carbocycles. The standard InChI is InChI=1S/C12H14O/c1-2-9-4-3-5-10-8-11(13)6-7-12(9)10/h2,8H,1,3-7H2. The van der Waals surface area contributed by atoms with Crippen molar-refractivity contribution in [3.63, 3.8) is 0 Å². The monoisotopic (exact) mass is 174 g/mol. The Hall–Kier alpha value is -1.11. The molecule has 2 rings (SSSR count). The van der Waals surface area contributed by atoms with Crippen molar-refractivity contribution >= 4 is 5.78 Å². The van der Waals surface area contributed by atoms with Crippen LogP contribution in [0.4, 0.5) is 0 Å². The van der Waals surface area contributed by atoms with Crippen molar-refractivity contribution in [1.82, 2.24) is 0 Å². The third kappa shape index (κ3) is 1.51. The lowest BCUT2D eigenvalue weighted by molar-refractivity contribution is -0.114. The summed E-state index contributed by atoms with van der Waals surface area (Å²) in [5.41, 5.74) is 4.04. The Balaban J connectivity index is 2.43. The van der Waals surface area contributed by atoms with Gasteiger partial charge in [-0.05, 0) is 48.5 Å². The van der Waals surface area contributed by atoms with Gasteiger partial charge in [0, 0.05) is 6.42 Å². The zero-order valence-corrected chi connectivity index (χ0v) is 7.81. The van der Waals surface area contributed by atoms with Crippen LogP contribution in [0.25, 0.3) is 0 Å². The molecule has 13 heavy (non-hydrogen) atoms. The van der Waals surface area contributed by atoms with Gasteiger partial charge in [-0.25, -0.2) is 0 Å². The molecule has 0 aliphatic heterocycles. The van der Waals surface area contributed by atoms with E-state index in [1.807, 2.05) is 12.2 Å². The molecule has 0 aromatic heterocycles. The van der Waals surface area contributed by atoms with E-state index in [0.29, 0.717) is 12.2 Å². The molecule has 1 heteroatoms. The average molecular weight is 174 g/mol. The minimum atomic E-state index is 0.295. The molecule has 2 aliphatic rings. The first-order valence-electron chi connectivity index (χ1n) is 4.89. The Morgan fingerprint density at radius 2 is 2.08 bits per heavy atom. The first-order valence-corrected chi connectivity index (χ1v) is 4.89. The normalized spacial score (nSPS) is 22.5. The highest BCUT2D eigenvalue weighted by molar-refractivity contribution is 5.93. The molecular formula is C12H14O. The first-order chi connectivity index (χ1) is 6.31. The van der Waals surface area contributed by atoms with Gasteiger partial charge in [0.05, 0.1) is 0 Å². The highest BCUT2D eigenvalue weighted by Gasteiger charge is 2.20. The Labute approximate surface area is 78.8 Å². The van der Waals surface area contributed by atoms with E-state index in [1.54, 1.807) is 0 Å². The summed E-state index contributed by atoms with van der Waals surface area (Å²) in [6, 6.07) is 0. The Morgan fingerprint density at radius 1 is 1.23 bits per heavy atom. The van der Waals surface area contributed by atoms with Gasteiger partial charge in [-0.15, -0.1) is 0 Å². The third-order valence-corrected chi connectivity index (χ3v) is 2.87. The highest BCUT2D eigenvalue weighted by Crippen LogP contribution is 2.35. The van der Waals surface area contributed by atoms with E-state index >= 15 is 0 Å². The SMILES string of the molecule is C=CC1=C2CCC(=O)C=C2CCC1. The van der Waals surface area contributed by atoms with Crippen LogP contribution in [0.3, 0.4) is 0 Å². The summed E-state index contributed by atoms with van der Waals surface area (Å²) in [6.45, 7) is 3.82. The Bertz CT molecular complexity index is 318. The van der Waals surface area contributed by atoms with Crippen LogP contribution in [0.15, 0.2) is 35.5 Å². The number of carbonyl (C=O) groups is 1.